The molecule has 5 nitrogen and oxygen atoms in total. The van der Waals surface area contributed by atoms with E-state index in [9.17, 15) is 9.59 Å². The molecule has 3 aromatic rings. The lowest BCUT2D eigenvalue weighted by atomic mass is 10.1. The van der Waals surface area contributed by atoms with E-state index in [1.54, 1.807) is 24.3 Å². The molecule has 2 heterocycles. The maximum absolute atomic E-state index is 12.6. The van der Waals surface area contributed by atoms with Crippen LogP contribution in [0.5, 0.6) is 5.75 Å². The molecule has 0 unspecified atom stereocenters. The van der Waals surface area contributed by atoms with Gasteiger partial charge in [0.25, 0.3) is 5.91 Å². The SMILES string of the molecule is COC(=O)c1cccc(NC(=O)c2cc3c(s2)-c2ccccc2OC3)c1. The number of thiophene rings is 1. The number of benzene rings is 2. The summed E-state index contributed by atoms with van der Waals surface area (Å²) in [7, 11) is 1.32. The van der Waals surface area contributed by atoms with Crippen LogP contribution < -0.4 is 10.1 Å². The zero-order valence-electron chi connectivity index (χ0n) is 13.9. The van der Waals surface area contributed by atoms with Crippen LogP contribution in [0, 0.1) is 0 Å². The number of rotatable bonds is 3. The summed E-state index contributed by atoms with van der Waals surface area (Å²) in [6, 6.07) is 16.3. The number of methoxy groups -OCH3 is 1. The number of hydrogen-bond acceptors (Lipinski definition) is 5. The Bertz CT molecular complexity index is 1010. The third-order valence-electron chi connectivity index (χ3n) is 4.09. The number of carbonyl (C=O) groups is 2. The second-order valence-electron chi connectivity index (χ2n) is 5.78. The van der Waals surface area contributed by atoms with E-state index in [-0.39, 0.29) is 5.91 Å². The van der Waals surface area contributed by atoms with Gasteiger partial charge in [-0.25, -0.2) is 4.79 Å². The highest BCUT2D eigenvalue weighted by atomic mass is 32.1. The van der Waals surface area contributed by atoms with Gasteiger partial charge in [-0.1, -0.05) is 18.2 Å². The number of amides is 1. The average Bonchev–Trinajstić information content (AvgIpc) is 3.12. The molecule has 1 aromatic heterocycles. The Morgan fingerprint density at radius 1 is 1.12 bits per heavy atom. The van der Waals surface area contributed by atoms with E-state index in [1.165, 1.54) is 18.4 Å². The molecule has 4 rings (SSSR count). The van der Waals surface area contributed by atoms with Gasteiger partial charge in [-0.15, -0.1) is 11.3 Å². The van der Waals surface area contributed by atoms with Crippen molar-refractivity contribution < 1.29 is 19.1 Å². The van der Waals surface area contributed by atoms with Crippen LogP contribution in [0.15, 0.2) is 54.6 Å². The molecular formula is C20H15NO4S. The van der Waals surface area contributed by atoms with Crippen molar-refractivity contribution in [3.63, 3.8) is 0 Å². The number of ether oxygens (including phenoxy) is 2. The molecule has 0 saturated heterocycles. The summed E-state index contributed by atoms with van der Waals surface area (Å²) in [6.07, 6.45) is 0. The lowest BCUT2D eigenvalue weighted by Gasteiger charge is -2.16. The highest BCUT2D eigenvalue weighted by molar-refractivity contribution is 7.17. The molecular weight excluding hydrogens is 350 g/mol. The maximum atomic E-state index is 12.6. The van der Waals surface area contributed by atoms with Gasteiger partial charge in [-0.2, -0.15) is 0 Å². The molecule has 0 atom stereocenters. The third-order valence-corrected chi connectivity index (χ3v) is 5.30. The Balaban J connectivity index is 1.59. The standard InChI is InChI=1S/C20H15NO4S/c1-24-20(23)12-5-4-6-14(9-12)21-19(22)17-10-13-11-25-16-8-3-2-7-15(16)18(13)26-17/h2-10H,11H2,1H3,(H,21,22). The number of hydrogen-bond donors (Lipinski definition) is 1. The highest BCUT2D eigenvalue weighted by Gasteiger charge is 2.22. The van der Waals surface area contributed by atoms with E-state index in [0.29, 0.717) is 22.7 Å². The molecule has 0 saturated carbocycles. The van der Waals surface area contributed by atoms with E-state index in [2.05, 4.69) is 5.32 Å². The molecule has 6 heteroatoms. The lowest BCUT2D eigenvalue weighted by Crippen LogP contribution is -2.11. The predicted molar refractivity (Wildman–Crippen MR) is 99.8 cm³/mol. The molecule has 1 aliphatic heterocycles. The number of anilines is 1. The zero-order valence-corrected chi connectivity index (χ0v) is 14.8. The van der Waals surface area contributed by atoms with Gasteiger partial charge in [-0.3, -0.25) is 4.79 Å². The van der Waals surface area contributed by atoms with Crippen LogP contribution in [0.25, 0.3) is 10.4 Å². The van der Waals surface area contributed by atoms with Crippen LogP contribution in [0.4, 0.5) is 5.69 Å². The molecule has 2 aromatic carbocycles. The Morgan fingerprint density at radius 2 is 1.96 bits per heavy atom. The van der Waals surface area contributed by atoms with E-state index < -0.39 is 5.97 Å². The van der Waals surface area contributed by atoms with Gasteiger partial charge in [-0.05, 0) is 36.4 Å². The van der Waals surface area contributed by atoms with Crippen molar-refractivity contribution in [3.05, 3.63) is 70.6 Å². The third kappa shape index (κ3) is 2.95. The molecule has 0 fully saturated rings. The first-order chi connectivity index (χ1) is 12.7. The van der Waals surface area contributed by atoms with Crippen molar-refractivity contribution in [1.29, 1.82) is 0 Å². The van der Waals surface area contributed by atoms with Gasteiger partial charge in [0.1, 0.15) is 12.4 Å². The Morgan fingerprint density at radius 3 is 2.81 bits per heavy atom. The summed E-state index contributed by atoms with van der Waals surface area (Å²) >= 11 is 1.44. The van der Waals surface area contributed by atoms with Crippen molar-refractivity contribution in [2.24, 2.45) is 0 Å². The fourth-order valence-electron chi connectivity index (χ4n) is 2.85. The second-order valence-corrected chi connectivity index (χ2v) is 6.83. The van der Waals surface area contributed by atoms with Crippen molar-refractivity contribution >= 4 is 28.9 Å². The quantitative estimate of drug-likeness (QED) is 0.701. The lowest BCUT2D eigenvalue weighted by molar-refractivity contribution is 0.0600. The Labute approximate surface area is 154 Å². The molecule has 0 spiro atoms. The minimum atomic E-state index is -0.443. The first kappa shape index (κ1) is 16.4. The van der Waals surface area contributed by atoms with Crippen LogP contribution in [-0.4, -0.2) is 19.0 Å². The van der Waals surface area contributed by atoms with Gasteiger partial charge in [0, 0.05) is 21.7 Å². The number of nitrogens with one attached hydrogen (secondary N) is 1. The predicted octanol–water partition coefficient (Wildman–Crippen LogP) is 4.35. The molecule has 0 bridgehead atoms. The highest BCUT2D eigenvalue weighted by Crippen LogP contribution is 2.42. The van der Waals surface area contributed by atoms with Gasteiger partial charge < -0.3 is 14.8 Å². The number of esters is 1. The van der Waals surface area contributed by atoms with E-state index in [4.69, 9.17) is 9.47 Å². The van der Waals surface area contributed by atoms with Gasteiger partial charge >= 0.3 is 5.97 Å². The minimum absolute atomic E-state index is 0.219. The van der Waals surface area contributed by atoms with Crippen molar-refractivity contribution in [1.82, 2.24) is 0 Å². The first-order valence-corrected chi connectivity index (χ1v) is 8.82. The average molecular weight is 365 g/mol. The molecule has 1 aliphatic rings. The normalized spacial score (nSPS) is 11.7. The molecule has 130 valence electrons. The summed E-state index contributed by atoms with van der Waals surface area (Å²) in [5, 5.41) is 2.83. The second kappa shape index (κ2) is 6.65. The number of fused-ring (bicyclic) bond motifs is 3. The fraction of sp³-hybridized carbons (Fsp3) is 0.100. The molecule has 1 N–H and O–H groups in total. The minimum Gasteiger partial charge on any atom is -0.488 e. The summed E-state index contributed by atoms with van der Waals surface area (Å²) in [6.45, 7) is 0.452. The smallest absolute Gasteiger partial charge is 0.337 e. The Hall–Kier alpha value is -3.12. The van der Waals surface area contributed by atoms with Crippen molar-refractivity contribution in [3.8, 4) is 16.2 Å². The van der Waals surface area contributed by atoms with Crippen molar-refractivity contribution in [2.45, 2.75) is 6.61 Å². The number of carbonyl (C=O) groups excluding carboxylic acids is 2. The van der Waals surface area contributed by atoms with E-state index in [1.807, 2.05) is 30.3 Å². The van der Waals surface area contributed by atoms with Crippen molar-refractivity contribution in [2.75, 3.05) is 12.4 Å². The summed E-state index contributed by atoms with van der Waals surface area (Å²) < 4.78 is 10.4. The van der Waals surface area contributed by atoms with E-state index in [0.717, 1.165) is 21.8 Å². The molecule has 26 heavy (non-hydrogen) atoms. The van der Waals surface area contributed by atoms with Crippen LogP contribution >= 0.6 is 11.3 Å². The van der Waals surface area contributed by atoms with Crippen LogP contribution in [0.3, 0.4) is 0 Å². The molecule has 0 radical (unpaired) electrons. The molecule has 1 amide bonds. The topological polar surface area (TPSA) is 64.6 Å². The van der Waals surface area contributed by atoms with Crippen LogP contribution in [0.1, 0.15) is 25.6 Å². The fourth-order valence-corrected chi connectivity index (χ4v) is 3.94. The van der Waals surface area contributed by atoms with Crippen LogP contribution in [-0.2, 0) is 11.3 Å². The van der Waals surface area contributed by atoms with Gasteiger partial charge in [0.15, 0.2) is 0 Å². The van der Waals surface area contributed by atoms with Gasteiger partial charge in [0.05, 0.1) is 17.6 Å². The van der Waals surface area contributed by atoms with Crippen LogP contribution in [0.2, 0.25) is 0 Å². The first-order valence-electron chi connectivity index (χ1n) is 8.00. The summed E-state index contributed by atoms with van der Waals surface area (Å²) in [5.41, 5.74) is 2.94. The Kier molecular flexibility index (Phi) is 4.18. The largest absolute Gasteiger partial charge is 0.488 e. The monoisotopic (exact) mass is 365 g/mol. The summed E-state index contributed by atoms with van der Waals surface area (Å²) in [4.78, 5) is 25.9. The maximum Gasteiger partial charge on any atom is 0.337 e. The van der Waals surface area contributed by atoms with E-state index >= 15 is 0 Å². The van der Waals surface area contributed by atoms with Gasteiger partial charge in [0.2, 0.25) is 0 Å². The number of para-hydroxylation sites is 1. The summed E-state index contributed by atoms with van der Waals surface area (Å²) in [5.74, 6) is 0.171. The molecule has 0 aliphatic carbocycles. The zero-order chi connectivity index (χ0) is 18.1.